The number of para-hydroxylation sites is 1. The van der Waals surface area contributed by atoms with Gasteiger partial charge in [0, 0.05) is 12.2 Å². The zero-order valence-corrected chi connectivity index (χ0v) is 15.3. The molecule has 2 aromatic rings. The van der Waals surface area contributed by atoms with Gasteiger partial charge in [0.15, 0.2) is 0 Å². The molecule has 27 heavy (non-hydrogen) atoms. The SMILES string of the molecule is CCOC(=O)/C=C/C(=O)Nc1ccccc1C(=O)NC(C)c1ccccc1. The highest BCUT2D eigenvalue weighted by atomic mass is 16.5. The molecular formula is C21H22N2O4. The molecule has 1 unspecified atom stereocenters. The van der Waals surface area contributed by atoms with Crippen molar-refractivity contribution in [3.05, 3.63) is 77.9 Å². The summed E-state index contributed by atoms with van der Waals surface area (Å²) in [6, 6.07) is 16.1. The molecule has 2 aromatic carbocycles. The first-order chi connectivity index (χ1) is 13.0. The monoisotopic (exact) mass is 366 g/mol. The van der Waals surface area contributed by atoms with Gasteiger partial charge < -0.3 is 15.4 Å². The van der Waals surface area contributed by atoms with E-state index in [1.165, 1.54) is 0 Å². The fourth-order valence-corrected chi connectivity index (χ4v) is 2.40. The molecular weight excluding hydrogens is 344 g/mol. The van der Waals surface area contributed by atoms with E-state index in [-0.39, 0.29) is 18.6 Å². The van der Waals surface area contributed by atoms with E-state index in [0.717, 1.165) is 17.7 Å². The van der Waals surface area contributed by atoms with Crippen molar-refractivity contribution in [1.29, 1.82) is 0 Å². The van der Waals surface area contributed by atoms with Crippen LogP contribution in [0.2, 0.25) is 0 Å². The van der Waals surface area contributed by atoms with Crippen molar-refractivity contribution in [2.45, 2.75) is 19.9 Å². The summed E-state index contributed by atoms with van der Waals surface area (Å²) >= 11 is 0. The maximum Gasteiger partial charge on any atom is 0.330 e. The van der Waals surface area contributed by atoms with Crippen LogP contribution in [0.4, 0.5) is 5.69 Å². The minimum absolute atomic E-state index is 0.189. The second-order valence-electron chi connectivity index (χ2n) is 5.73. The van der Waals surface area contributed by atoms with Gasteiger partial charge in [0.05, 0.1) is 23.9 Å². The van der Waals surface area contributed by atoms with E-state index in [1.807, 2.05) is 37.3 Å². The molecule has 0 aliphatic heterocycles. The zero-order valence-electron chi connectivity index (χ0n) is 15.3. The molecule has 2 N–H and O–H groups in total. The number of ether oxygens (including phenoxy) is 1. The molecule has 2 rings (SSSR count). The van der Waals surface area contributed by atoms with Gasteiger partial charge in [-0.2, -0.15) is 0 Å². The number of benzene rings is 2. The first-order valence-electron chi connectivity index (χ1n) is 8.62. The highest BCUT2D eigenvalue weighted by molar-refractivity contribution is 6.07. The molecule has 6 heteroatoms. The Hall–Kier alpha value is -3.41. The lowest BCUT2D eigenvalue weighted by atomic mass is 10.1. The zero-order chi connectivity index (χ0) is 19.6. The van der Waals surface area contributed by atoms with Crippen molar-refractivity contribution < 1.29 is 19.1 Å². The van der Waals surface area contributed by atoms with E-state index < -0.39 is 11.9 Å². The van der Waals surface area contributed by atoms with Crippen molar-refractivity contribution >= 4 is 23.5 Å². The quantitative estimate of drug-likeness (QED) is 0.582. The Kier molecular flexibility index (Phi) is 7.31. The largest absolute Gasteiger partial charge is 0.463 e. The van der Waals surface area contributed by atoms with Crippen molar-refractivity contribution in [3.8, 4) is 0 Å². The highest BCUT2D eigenvalue weighted by Gasteiger charge is 2.15. The Morgan fingerprint density at radius 2 is 1.67 bits per heavy atom. The number of anilines is 1. The fraction of sp³-hybridized carbons (Fsp3) is 0.190. The minimum atomic E-state index is -0.602. The number of amides is 2. The van der Waals surface area contributed by atoms with Gasteiger partial charge >= 0.3 is 5.97 Å². The van der Waals surface area contributed by atoms with E-state index in [4.69, 9.17) is 4.74 Å². The van der Waals surface area contributed by atoms with Gasteiger partial charge in [0.25, 0.3) is 5.91 Å². The van der Waals surface area contributed by atoms with Crippen molar-refractivity contribution in [2.75, 3.05) is 11.9 Å². The molecule has 0 saturated heterocycles. The number of carbonyl (C=O) groups excluding carboxylic acids is 3. The van der Waals surface area contributed by atoms with Gasteiger partial charge in [-0.05, 0) is 31.5 Å². The summed E-state index contributed by atoms with van der Waals surface area (Å²) in [7, 11) is 0. The van der Waals surface area contributed by atoms with E-state index in [9.17, 15) is 14.4 Å². The second-order valence-corrected chi connectivity index (χ2v) is 5.73. The number of hydrogen-bond acceptors (Lipinski definition) is 4. The van der Waals surface area contributed by atoms with Crippen LogP contribution in [0.1, 0.15) is 35.8 Å². The molecule has 0 radical (unpaired) electrons. The van der Waals surface area contributed by atoms with Crippen LogP contribution in [-0.4, -0.2) is 24.4 Å². The maximum absolute atomic E-state index is 12.6. The Labute approximate surface area is 158 Å². The molecule has 0 saturated carbocycles. The molecule has 140 valence electrons. The van der Waals surface area contributed by atoms with Crippen molar-refractivity contribution in [3.63, 3.8) is 0 Å². The van der Waals surface area contributed by atoms with Gasteiger partial charge in [0.2, 0.25) is 5.91 Å². The molecule has 0 spiro atoms. The summed E-state index contributed by atoms with van der Waals surface area (Å²) in [5.74, 6) is -1.44. The lowest BCUT2D eigenvalue weighted by Gasteiger charge is -2.16. The topological polar surface area (TPSA) is 84.5 Å². The van der Waals surface area contributed by atoms with Crippen LogP contribution in [0.25, 0.3) is 0 Å². The molecule has 0 aliphatic rings. The minimum Gasteiger partial charge on any atom is -0.463 e. The Morgan fingerprint density at radius 3 is 2.37 bits per heavy atom. The number of esters is 1. The van der Waals surface area contributed by atoms with Crippen LogP contribution >= 0.6 is 0 Å². The van der Waals surface area contributed by atoms with Gasteiger partial charge in [-0.3, -0.25) is 9.59 Å². The third kappa shape index (κ3) is 6.11. The van der Waals surface area contributed by atoms with Gasteiger partial charge in [0.1, 0.15) is 0 Å². The van der Waals surface area contributed by atoms with E-state index in [2.05, 4.69) is 10.6 Å². The van der Waals surface area contributed by atoms with Crippen molar-refractivity contribution in [2.24, 2.45) is 0 Å². The molecule has 6 nitrogen and oxygen atoms in total. The summed E-state index contributed by atoms with van der Waals surface area (Å²) in [4.78, 5) is 35.9. The highest BCUT2D eigenvalue weighted by Crippen LogP contribution is 2.18. The average molecular weight is 366 g/mol. The summed E-state index contributed by atoms with van der Waals surface area (Å²) in [5.41, 5.74) is 1.66. The number of rotatable bonds is 7. The van der Waals surface area contributed by atoms with Crippen LogP contribution in [0.3, 0.4) is 0 Å². The van der Waals surface area contributed by atoms with Crippen LogP contribution in [0.5, 0.6) is 0 Å². The molecule has 0 aromatic heterocycles. The number of carbonyl (C=O) groups is 3. The predicted molar refractivity (Wildman–Crippen MR) is 103 cm³/mol. The Morgan fingerprint density at radius 1 is 1.00 bits per heavy atom. The van der Waals surface area contributed by atoms with Crippen LogP contribution in [0, 0.1) is 0 Å². The lowest BCUT2D eigenvalue weighted by Crippen LogP contribution is -2.27. The number of nitrogens with one attached hydrogen (secondary N) is 2. The first-order valence-corrected chi connectivity index (χ1v) is 8.62. The molecule has 2 amide bonds. The Bertz CT molecular complexity index is 831. The van der Waals surface area contributed by atoms with Crippen LogP contribution in [0.15, 0.2) is 66.7 Å². The predicted octanol–water partition coefficient (Wildman–Crippen LogP) is 3.24. The summed E-state index contributed by atoms with van der Waals surface area (Å²) in [5, 5.41) is 5.52. The fourth-order valence-electron chi connectivity index (χ4n) is 2.40. The van der Waals surface area contributed by atoms with Gasteiger partial charge in [-0.25, -0.2) is 4.79 Å². The van der Waals surface area contributed by atoms with E-state index in [1.54, 1.807) is 31.2 Å². The Balaban J connectivity index is 2.07. The van der Waals surface area contributed by atoms with Gasteiger partial charge in [-0.1, -0.05) is 42.5 Å². The molecule has 0 aliphatic carbocycles. The third-order valence-corrected chi connectivity index (χ3v) is 3.73. The van der Waals surface area contributed by atoms with E-state index in [0.29, 0.717) is 11.3 Å². The molecule has 1 atom stereocenters. The standard InChI is InChI=1S/C21H22N2O4/c1-3-27-20(25)14-13-19(24)23-18-12-8-7-11-17(18)21(26)22-15(2)16-9-5-4-6-10-16/h4-15H,3H2,1-2H3,(H,22,26)(H,23,24)/b14-13+. The van der Waals surface area contributed by atoms with E-state index >= 15 is 0 Å². The molecule has 0 heterocycles. The molecule has 0 fully saturated rings. The second kappa shape index (κ2) is 9.91. The average Bonchev–Trinajstić information content (AvgIpc) is 2.67. The van der Waals surface area contributed by atoms with Crippen LogP contribution < -0.4 is 10.6 Å². The van der Waals surface area contributed by atoms with Gasteiger partial charge in [-0.15, -0.1) is 0 Å². The third-order valence-electron chi connectivity index (χ3n) is 3.73. The molecule has 0 bridgehead atoms. The summed E-state index contributed by atoms with van der Waals surface area (Å²) in [6.45, 7) is 3.79. The smallest absolute Gasteiger partial charge is 0.330 e. The van der Waals surface area contributed by atoms with Crippen LogP contribution in [-0.2, 0) is 14.3 Å². The van der Waals surface area contributed by atoms with Crippen molar-refractivity contribution in [1.82, 2.24) is 5.32 Å². The lowest BCUT2D eigenvalue weighted by molar-refractivity contribution is -0.137. The normalized spacial score (nSPS) is 11.6. The number of hydrogen-bond donors (Lipinski definition) is 2. The first kappa shape index (κ1) is 19.9. The summed E-state index contributed by atoms with van der Waals surface area (Å²) in [6.07, 6.45) is 2.11. The maximum atomic E-state index is 12.6. The summed E-state index contributed by atoms with van der Waals surface area (Å²) < 4.78 is 4.72.